The van der Waals surface area contributed by atoms with Gasteiger partial charge in [-0.25, -0.2) is 0 Å². The molecule has 1 aromatic carbocycles. The van der Waals surface area contributed by atoms with E-state index in [-0.39, 0.29) is 11.8 Å². The second-order valence-electron chi connectivity index (χ2n) is 5.01. The molecule has 3 aromatic rings. The van der Waals surface area contributed by atoms with Gasteiger partial charge in [0.05, 0.1) is 18.9 Å². The molecular weight excluding hydrogens is 410 g/mol. The summed E-state index contributed by atoms with van der Waals surface area (Å²) in [4.78, 5) is 29.1. The zero-order valence-electron chi connectivity index (χ0n) is 13.0. The van der Waals surface area contributed by atoms with Gasteiger partial charge >= 0.3 is 0 Å². The summed E-state index contributed by atoms with van der Waals surface area (Å²) < 4.78 is 3.88. The Bertz CT molecular complexity index is 1000. The summed E-state index contributed by atoms with van der Waals surface area (Å²) in [5.74, 6) is -0.362. The number of nitrogens with one attached hydrogen (secondary N) is 1. The molecule has 2 amide bonds. The van der Waals surface area contributed by atoms with Crippen LogP contribution in [0.2, 0.25) is 0 Å². The number of halogens is 1. The molecule has 124 valence electrons. The first-order chi connectivity index (χ1) is 11.5. The largest absolute Gasteiger partial charge is 0.326 e. The van der Waals surface area contributed by atoms with Gasteiger partial charge in [0.25, 0.3) is 5.91 Å². The Labute approximate surface area is 154 Å². The van der Waals surface area contributed by atoms with Crippen LogP contribution in [-0.4, -0.2) is 16.4 Å². The van der Waals surface area contributed by atoms with E-state index in [9.17, 15) is 9.59 Å². The number of rotatable bonds is 3. The summed E-state index contributed by atoms with van der Waals surface area (Å²) >= 11 is 6.16. The summed E-state index contributed by atoms with van der Waals surface area (Å²) in [5, 5.41) is 2.77. The second-order valence-corrected chi connectivity index (χ2v) is 8.49. The smallest absolute Gasteiger partial charge is 0.289 e. The van der Waals surface area contributed by atoms with Crippen molar-refractivity contribution < 1.29 is 9.59 Å². The normalized spacial score (nSPS) is 11.9. The molecule has 0 aliphatic rings. The minimum absolute atomic E-state index is 0.113. The van der Waals surface area contributed by atoms with Gasteiger partial charge in [0, 0.05) is 19.2 Å². The number of hydrogen-bond donors (Lipinski definition) is 1. The van der Waals surface area contributed by atoms with Crippen molar-refractivity contribution in [2.75, 3.05) is 5.32 Å². The Morgan fingerprint density at radius 1 is 1.25 bits per heavy atom. The van der Waals surface area contributed by atoms with Gasteiger partial charge in [-0.3, -0.25) is 9.59 Å². The molecule has 0 aliphatic heterocycles. The molecular formula is C16H14BrN3O2S2. The van der Waals surface area contributed by atoms with E-state index in [1.54, 1.807) is 6.07 Å². The van der Waals surface area contributed by atoms with Crippen molar-refractivity contribution in [1.29, 1.82) is 0 Å². The molecule has 0 radical (unpaired) electrons. The van der Waals surface area contributed by atoms with E-state index in [0.717, 1.165) is 19.7 Å². The van der Waals surface area contributed by atoms with Crippen molar-refractivity contribution >= 4 is 66.3 Å². The fourth-order valence-corrected chi connectivity index (χ4v) is 4.72. The number of thiazole rings is 1. The fourth-order valence-electron chi connectivity index (χ4n) is 2.32. The average Bonchev–Trinajstić information content (AvgIpc) is 3.09. The zero-order valence-corrected chi connectivity index (χ0v) is 16.2. The van der Waals surface area contributed by atoms with E-state index in [0.29, 0.717) is 16.2 Å². The van der Waals surface area contributed by atoms with Crippen LogP contribution >= 0.6 is 38.6 Å². The summed E-state index contributed by atoms with van der Waals surface area (Å²) in [6.07, 6.45) is 0. The van der Waals surface area contributed by atoms with E-state index in [1.165, 1.54) is 29.6 Å². The molecule has 3 rings (SSSR count). The molecule has 1 N–H and O–H groups in total. The molecule has 8 heteroatoms. The molecule has 0 unspecified atom stereocenters. The van der Waals surface area contributed by atoms with Crippen LogP contribution in [0.1, 0.15) is 23.5 Å². The van der Waals surface area contributed by atoms with Gasteiger partial charge in [-0.1, -0.05) is 11.3 Å². The van der Waals surface area contributed by atoms with E-state index in [2.05, 4.69) is 26.2 Å². The van der Waals surface area contributed by atoms with Crippen LogP contribution in [0.5, 0.6) is 0 Å². The molecule has 0 fully saturated rings. The molecule has 2 heterocycles. The van der Waals surface area contributed by atoms with E-state index in [4.69, 9.17) is 0 Å². The van der Waals surface area contributed by atoms with Crippen molar-refractivity contribution in [3.8, 4) is 0 Å². The highest BCUT2D eigenvalue weighted by molar-refractivity contribution is 9.11. The first-order valence-electron chi connectivity index (χ1n) is 7.23. The molecule has 0 aliphatic carbocycles. The minimum Gasteiger partial charge on any atom is -0.326 e. The number of hydrogen-bond acceptors (Lipinski definition) is 4. The number of benzene rings is 1. The molecule has 0 atom stereocenters. The Hall–Kier alpha value is -1.77. The first-order valence-corrected chi connectivity index (χ1v) is 9.66. The lowest BCUT2D eigenvalue weighted by atomic mass is 10.3. The minimum atomic E-state index is -0.249. The monoisotopic (exact) mass is 423 g/mol. The van der Waals surface area contributed by atoms with Crippen LogP contribution in [0, 0.1) is 0 Å². The third-order valence-corrected chi connectivity index (χ3v) is 5.95. The summed E-state index contributed by atoms with van der Waals surface area (Å²) in [6, 6.07) is 9.29. The summed E-state index contributed by atoms with van der Waals surface area (Å²) in [5.41, 5.74) is 1.73. The molecule has 24 heavy (non-hydrogen) atoms. The number of anilines is 1. The number of carbonyl (C=O) groups is 2. The third-order valence-electron chi connectivity index (χ3n) is 3.30. The van der Waals surface area contributed by atoms with E-state index >= 15 is 0 Å². The van der Waals surface area contributed by atoms with Crippen LogP contribution in [0.25, 0.3) is 10.2 Å². The maximum Gasteiger partial charge on any atom is 0.289 e. The molecule has 0 bridgehead atoms. The Morgan fingerprint density at radius 2 is 2.04 bits per heavy atom. The highest BCUT2D eigenvalue weighted by Gasteiger charge is 2.11. The maximum atomic E-state index is 12.3. The van der Waals surface area contributed by atoms with Crippen LogP contribution in [0.15, 0.2) is 39.1 Å². The van der Waals surface area contributed by atoms with Gasteiger partial charge < -0.3 is 9.88 Å². The Kier molecular flexibility index (Phi) is 4.98. The SMILES string of the molecule is CCn1c(=NC(=O)c2ccc(Br)s2)sc2cc(NC(C)=O)ccc21. The topological polar surface area (TPSA) is 63.5 Å². The van der Waals surface area contributed by atoms with Gasteiger partial charge in [0.2, 0.25) is 5.91 Å². The predicted octanol–water partition coefficient (Wildman–Crippen LogP) is 4.25. The lowest BCUT2D eigenvalue weighted by molar-refractivity contribution is -0.114. The highest BCUT2D eigenvalue weighted by Crippen LogP contribution is 2.24. The fraction of sp³-hybridized carbons (Fsp3) is 0.188. The quantitative estimate of drug-likeness (QED) is 0.684. The zero-order chi connectivity index (χ0) is 17.3. The van der Waals surface area contributed by atoms with Crippen molar-refractivity contribution in [2.45, 2.75) is 20.4 Å². The van der Waals surface area contributed by atoms with E-state index in [1.807, 2.05) is 35.8 Å². The Balaban J connectivity index is 2.08. The lowest BCUT2D eigenvalue weighted by Crippen LogP contribution is -2.15. The van der Waals surface area contributed by atoms with Gasteiger partial charge in [-0.05, 0) is 53.2 Å². The van der Waals surface area contributed by atoms with Crippen molar-refractivity contribution in [1.82, 2.24) is 4.57 Å². The van der Waals surface area contributed by atoms with Crippen molar-refractivity contribution in [3.05, 3.63) is 43.8 Å². The summed E-state index contributed by atoms with van der Waals surface area (Å²) in [6.45, 7) is 4.20. The maximum absolute atomic E-state index is 12.3. The van der Waals surface area contributed by atoms with Crippen LogP contribution < -0.4 is 10.1 Å². The third kappa shape index (κ3) is 3.50. The Morgan fingerprint density at radius 3 is 2.67 bits per heavy atom. The van der Waals surface area contributed by atoms with E-state index < -0.39 is 0 Å². The number of amides is 2. The lowest BCUT2D eigenvalue weighted by Gasteiger charge is -2.03. The second kappa shape index (κ2) is 7.00. The molecule has 5 nitrogen and oxygen atoms in total. The van der Waals surface area contributed by atoms with Gasteiger partial charge in [0.15, 0.2) is 4.80 Å². The number of fused-ring (bicyclic) bond motifs is 1. The number of aromatic nitrogens is 1. The van der Waals surface area contributed by atoms with Crippen LogP contribution in [0.4, 0.5) is 5.69 Å². The standard InChI is InChI=1S/C16H14BrN3O2S2/c1-3-20-11-5-4-10(18-9(2)21)8-13(11)24-16(20)19-15(22)12-6-7-14(17)23-12/h4-8H,3H2,1-2H3,(H,18,21). The number of nitrogens with zero attached hydrogens (tertiary/aromatic N) is 2. The number of carbonyl (C=O) groups excluding carboxylic acids is 2. The molecule has 0 saturated heterocycles. The number of thiophene rings is 1. The predicted molar refractivity (Wildman–Crippen MR) is 102 cm³/mol. The van der Waals surface area contributed by atoms with Crippen molar-refractivity contribution in [2.24, 2.45) is 4.99 Å². The number of aryl methyl sites for hydroxylation is 1. The molecule has 2 aromatic heterocycles. The van der Waals surface area contributed by atoms with Gasteiger partial charge in [-0.2, -0.15) is 4.99 Å². The highest BCUT2D eigenvalue weighted by atomic mass is 79.9. The van der Waals surface area contributed by atoms with Gasteiger partial charge in [-0.15, -0.1) is 11.3 Å². The molecule has 0 spiro atoms. The first kappa shape index (κ1) is 17.1. The van der Waals surface area contributed by atoms with Gasteiger partial charge in [0.1, 0.15) is 0 Å². The average molecular weight is 424 g/mol. The van der Waals surface area contributed by atoms with Crippen molar-refractivity contribution in [3.63, 3.8) is 0 Å². The summed E-state index contributed by atoms with van der Waals surface area (Å²) in [7, 11) is 0. The van der Waals surface area contributed by atoms with Crippen LogP contribution in [0.3, 0.4) is 0 Å². The van der Waals surface area contributed by atoms with Crippen LogP contribution in [-0.2, 0) is 11.3 Å². The molecule has 0 saturated carbocycles.